The summed E-state index contributed by atoms with van der Waals surface area (Å²) in [7, 11) is 0. The van der Waals surface area contributed by atoms with E-state index >= 15 is 0 Å². The van der Waals surface area contributed by atoms with Gasteiger partial charge >= 0.3 is 6.09 Å². The molecule has 1 aliphatic rings. The topological polar surface area (TPSA) is 55.6 Å². The van der Waals surface area contributed by atoms with E-state index < -0.39 is 17.9 Å². The molecule has 2 N–H and O–H groups in total. The van der Waals surface area contributed by atoms with E-state index in [1.807, 2.05) is 0 Å². The maximum absolute atomic E-state index is 13.6. The zero-order chi connectivity index (χ0) is 12.3. The predicted octanol–water partition coefficient (Wildman–Crippen LogP) is 1.54. The molecule has 5 heteroatoms. The van der Waals surface area contributed by atoms with Gasteiger partial charge in [-0.05, 0) is 33.7 Å². The van der Waals surface area contributed by atoms with Crippen LogP contribution in [0, 0.1) is 5.92 Å². The Balaban J connectivity index is 2.48. The fourth-order valence-electron chi connectivity index (χ4n) is 1.71. The van der Waals surface area contributed by atoms with E-state index in [1.165, 1.54) is 4.90 Å². The van der Waals surface area contributed by atoms with E-state index in [0.29, 0.717) is 19.5 Å². The summed E-state index contributed by atoms with van der Waals surface area (Å²) in [6.45, 7) is 6.34. The third-order valence-electron chi connectivity index (χ3n) is 2.63. The summed E-state index contributed by atoms with van der Waals surface area (Å²) in [6.07, 6.45) is -0.867. The summed E-state index contributed by atoms with van der Waals surface area (Å²) in [6, 6.07) is 0. The van der Waals surface area contributed by atoms with E-state index in [9.17, 15) is 9.18 Å². The molecule has 2 atom stereocenters. The van der Waals surface area contributed by atoms with Gasteiger partial charge in [0.05, 0.1) is 6.54 Å². The van der Waals surface area contributed by atoms with E-state index in [-0.39, 0.29) is 12.5 Å². The number of piperidine rings is 1. The van der Waals surface area contributed by atoms with Crippen molar-refractivity contribution < 1.29 is 13.9 Å². The molecule has 94 valence electrons. The number of nitrogens with two attached hydrogens (primary N) is 1. The molecular formula is C11H21FN2O2. The number of carbonyl (C=O) groups excluding carboxylic acids is 1. The Labute approximate surface area is 95.9 Å². The second kappa shape index (κ2) is 4.99. The monoisotopic (exact) mass is 232 g/mol. The summed E-state index contributed by atoms with van der Waals surface area (Å²) >= 11 is 0. The highest BCUT2D eigenvalue weighted by Gasteiger charge is 2.32. The van der Waals surface area contributed by atoms with Gasteiger partial charge in [-0.1, -0.05) is 0 Å². The van der Waals surface area contributed by atoms with Gasteiger partial charge in [0, 0.05) is 12.5 Å². The van der Waals surface area contributed by atoms with Crippen molar-refractivity contribution in [1.29, 1.82) is 0 Å². The van der Waals surface area contributed by atoms with Crippen LogP contribution in [0.5, 0.6) is 0 Å². The molecule has 1 amide bonds. The van der Waals surface area contributed by atoms with E-state index in [4.69, 9.17) is 10.5 Å². The van der Waals surface area contributed by atoms with Crippen LogP contribution in [0.3, 0.4) is 0 Å². The van der Waals surface area contributed by atoms with Gasteiger partial charge in [-0.15, -0.1) is 0 Å². The number of hydrogen-bond acceptors (Lipinski definition) is 3. The average Bonchev–Trinajstić information content (AvgIpc) is 2.15. The quantitative estimate of drug-likeness (QED) is 0.746. The van der Waals surface area contributed by atoms with Crippen LogP contribution >= 0.6 is 0 Å². The lowest BCUT2D eigenvalue weighted by Gasteiger charge is -2.35. The number of likely N-dealkylation sites (tertiary alicyclic amines) is 1. The Morgan fingerprint density at radius 3 is 2.62 bits per heavy atom. The molecule has 1 aliphatic heterocycles. The zero-order valence-electron chi connectivity index (χ0n) is 10.2. The molecule has 1 rings (SSSR count). The van der Waals surface area contributed by atoms with Crippen molar-refractivity contribution in [2.45, 2.75) is 39.0 Å². The lowest BCUT2D eigenvalue weighted by Crippen LogP contribution is -2.48. The molecule has 0 saturated carbocycles. The van der Waals surface area contributed by atoms with Gasteiger partial charge in [0.15, 0.2) is 0 Å². The van der Waals surface area contributed by atoms with Gasteiger partial charge in [-0.2, -0.15) is 0 Å². The smallest absolute Gasteiger partial charge is 0.410 e. The summed E-state index contributed by atoms with van der Waals surface area (Å²) in [5.74, 6) is -0.126. The van der Waals surface area contributed by atoms with Gasteiger partial charge in [0.1, 0.15) is 11.8 Å². The molecule has 0 aromatic rings. The largest absolute Gasteiger partial charge is 0.444 e. The highest BCUT2D eigenvalue weighted by molar-refractivity contribution is 5.68. The van der Waals surface area contributed by atoms with E-state index in [1.54, 1.807) is 20.8 Å². The first kappa shape index (κ1) is 13.2. The molecule has 1 fully saturated rings. The number of rotatable bonds is 1. The lowest BCUT2D eigenvalue weighted by atomic mass is 9.95. The van der Waals surface area contributed by atoms with Crippen LogP contribution < -0.4 is 5.73 Å². The van der Waals surface area contributed by atoms with Gasteiger partial charge in [-0.3, -0.25) is 0 Å². The number of hydrogen-bond donors (Lipinski definition) is 1. The van der Waals surface area contributed by atoms with Gasteiger partial charge in [0.2, 0.25) is 0 Å². The number of ether oxygens (including phenoxy) is 1. The standard InChI is InChI=1S/C11H21FN2O2/c1-11(2,3)16-10(15)14-5-4-8(6-13)9(12)7-14/h8-9H,4-7,13H2,1-3H3. The second-order valence-electron chi connectivity index (χ2n) is 5.23. The Morgan fingerprint density at radius 1 is 1.56 bits per heavy atom. The lowest BCUT2D eigenvalue weighted by molar-refractivity contribution is 0.00625. The molecule has 1 saturated heterocycles. The maximum Gasteiger partial charge on any atom is 0.410 e. The highest BCUT2D eigenvalue weighted by atomic mass is 19.1. The fourth-order valence-corrected chi connectivity index (χ4v) is 1.71. The van der Waals surface area contributed by atoms with Gasteiger partial charge < -0.3 is 15.4 Å². The van der Waals surface area contributed by atoms with Crippen molar-refractivity contribution in [1.82, 2.24) is 4.90 Å². The van der Waals surface area contributed by atoms with Crippen LogP contribution in [-0.4, -0.2) is 42.4 Å². The molecule has 0 aromatic carbocycles. The normalized spacial score (nSPS) is 26.7. The maximum atomic E-state index is 13.6. The fraction of sp³-hybridized carbons (Fsp3) is 0.909. The van der Waals surface area contributed by atoms with Crippen molar-refractivity contribution in [3.8, 4) is 0 Å². The first-order chi connectivity index (χ1) is 7.33. The van der Waals surface area contributed by atoms with Crippen molar-refractivity contribution in [3.63, 3.8) is 0 Å². The van der Waals surface area contributed by atoms with Gasteiger partial charge in [-0.25, -0.2) is 9.18 Å². The molecule has 2 unspecified atom stereocenters. The van der Waals surface area contributed by atoms with E-state index in [0.717, 1.165) is 0 Å². The van der Waals surface area contributed by atoms with Crippen molar-refractivity contribution in [2.24, 2.45) is 11.7 Å². The van der Waals surface area contributed by atoms with Crippen LogP contribution in [0.2, 0.25) is 0 Å². The minimum Gasteiger partial charge on any atom is -0.444 e. The van der Waals surface area contributed by atoms with Crippen molar-refractivity contribution in [2.75, 3.05) is 19.6 Å². The molecule has 16 heavy (non-hydrogen) atoms. The summed E-state index contributed by atoms with van der Waals surface area (Å²) < 4.78 is 18.7. The number of carbonyl (C=O) groups is 1. The average molecular weight is 232 g/mol. The Kier molecular flexibility index (Phi) is 4.13. The minimum absolute atomic E-state index is 0.0940. The van der Waals surface area contributed by atoms with E-state index in [2.05, 4.69) is 0 Å². The third kappa shape index (κ3) is 3.63. The SMILES string of the molecule is CC(C)(C)OC(=O)N1CCC(CN)C(F)C1. The highest BCUT2D eigenvalue weighted by Crippen LogP contribution is 2.21. The molecule has 0 aromatic heterocycles. The minimum atomic E-state index is -1.04. The molecule has 1 heterocycles. The van der Waals surface area contributed by atoms with Crippen molar-refractivity contribution in [3.05, 3.63) is 0 Å². The molecular weight excluding hydrogens is 211 g/mol. The molecule has 4 nitrogen and oxygen atoms in total. The zero-order valence-corrected chi connectivity index (χ0v) is 10.2. The number of halogens is 1. The van der Waals surface area contributed by atoms with Crippen LogP contribution in [0.25, 0.3) is 0 Å². The number of nitrogens with zero attached hydrogens (tertiary/aromatic N) is 1. The summed E-state index contributed by atoms with van der Waals surface area (Å²) in [5.41, 5.74) is 4.91. The molecule has 0 radical (unpaired) electrons. The molecule has 0 bridgehead atoms. The first-order valence-corrected chi connectivity index (χ1v) is 5.65. The summed E-state index contributed by atoms with van der Waals surface area (Å²) in [4.78, 5) is 13.1. The first-order valence-electron chi connectivity index (χ1n) is 5.65. The third-order valence-corrected chi connectivity index (χ3v) is 2.63. The number of alkyl halides is 1. The number of amides is 1. The Bertz CT molecular complexity index is 253. The molecule has 0 spiro atoms. The predicted molar refractivity (Wildman–Crippen MR) is 59.9 cm³/mol. The van der Waals surface area contributed by atoms with Crippen LogP contribution in [-0.2, 0) is 4.74 Å². The van der Waals surface area contributed by atoms with Crippen LogP contribution in [0.1, 0.15) is 27.2 Å². The van der Waals surface area contributed by atoms with Crippen molar-refractivity contribution >= 4 is 6.09 Å². The Morgan fingerprint density at radius 2 is 2.19 bits per heavy atom. The summed E-state index contributed by atoms with van der Waals surface area (Å²) in [5, 5.41) is 0. The Hall–Kier alpha value is -0.840. The molecule has 0 aliphatic carbocycles. The van der Waals surface area contributed by atoms with Gasteiger partial charge in [0.25, 0.3) is 0 Å². The van der Waals surface area contributed by atoms with Crippen LogP contribution in [0.4, 0.5) is 9.18 Å². The second-order valence-corrected chi connectivity index (χ2v) is 5.23. The van der Waals surface area contributed by atoms with Crippen LogP contribution in [0.15, 0.2) is 0 Å².